The van der Waals surface area contributed by atoms with E-state index < -0.39 is 10.0 Å². The average molecular weight is 492 g/mol. The van der Waals surface area contributed by atoms with Crippen LogP contribution in [0.2, 0.25) is 0 Å². The lowest BCUT2D eigenvalue weighted by Gasteiger charge is -2.29. The number of sulfonamides is 1. The predicted molar refractivity (Wildman–Crippen MR) is 125 cm³/mol. The average Bonchev–Trinajstić information content (AvgIpc) is 3.10. The van der Waals surface area contributed by atoms with Gasteiger partial charge in [0.1, 0.15) is 5.82 Å². The van der Waals surface area contributed by atoms with Gasteiger partial charge in [-0.2, -0.15) is 0 Å². The SMILES string of the molecule is CN(C)S(=O)(=O)c1cccc(-c2nn(CN3CCC[C@@H](O)C3)c(=S)n2-c2ccc(F)cc2)c1. The van der Waals surface area contributed by atoms with Crippen molar-refractivity contribution in [3.05, 3.63) is 59.1 Å². The number of β-amino-alcohol motifs (C(OH)–C–C–N with tert-alkyl or cyclic N) is 1. The summed E-state index contributed by atoms with van der Waals surface area (Å²) < 4.78 is 43.8. The Bertz CT molecular complexity index is 1300. The number of aliphatic hydroxyl groups excluding tert-OH is 1. The summed E-state index contributed by atoms with van der Waals surface area (Å²) >= 11 is 5.73. The summed E-state index contributed by atoms with van der Waals surface area (Å²) in [4.78, 5) is 2.21. The number of nitrogens with zero attached hydrogens (tertiary/aromatic N) is 5. The number of aliphatic hydroxyl groups is 1. The quantitative estimate of drug-likeness (QED) is 0.534. The monoisotopic (exact) mass is 491 g/mol. The lowest BCUT2D eigenvalue weighted by atomic mass is 10.1. The maximum Gasteiger partial charge on any atom is 0.242 e. The molecule has 1 aliphatic heterocycles. The van der Waals surface area contributed by atoms with Gasteiger partial charge in [-0.3, -0.25) is 9.47 Å². The van der Waals surface area contributed by atoms with E-state index >= 15 is 0 Å². The molecule has 11 heteroatoms. The van der Waals surface area contributed by atoms with Gasteiger partial charge in [0, 0.05) is 32.7 Å². The van der Waals surface area contributed by atoms with Crippen LogP contribution in [0.15, 0.2) is 53.4 Å². The molecular formula is C22H26FN5O3S2. The van der Waals surface area contributed by atoms with Gasteiger partial charge in [0.25, 0.3) is 0 Å². The molecule has 33 heavy (non-hydrogen) atoms. The van der Waals surface area contributed by atoms with Crippen molar-refractivity contribution in [3.63, 3.8) is 0 Å². The minimum Gasteiger partial charge on any atom is -0.392 e. The fraction of sp³-hybridized carbons (Fsp3) is 0.364. The third-order valence-electron chi connectivity index (χ3n) is 5.61. The second kappa shape index (κ2) is 9.43. The van der Waals surface area contributed by atoms with Crippen molar-refractivity contribution in [2.75, 3.05) is 27.2 Å². The number of halogens is 1. The summed E-state index contributed by atoms with van der Waals surface area (Å²) in [6.07, 6.45) is 1.26. The van der Waals surface area contributed by atoms with Crippen LogP contribution in [0.5, 0.6) is 0 Å². The Balaban J connectivity index is 1.83. The maximum atomic E-state index is 13.6. The molecule has 2 heterocycles. The molecule has 0 aliphatic carbocycles. The van der Waals surface area contributed by atoms with Crippen LogP contribution in [0.1, 0.15) is 12.8 Å². The molecule has 0 amide bonds. The first-order valence-electron chi connectivity index (χ1n) is 10.6. The molecule has 1 saturated heterocycles. The molecule has 1 aliphatic rings. The highest BCUT2D eigenvalue weighted by Crippen LogP contribution is 2.26. The molecule has 2 aromatic carbocycles. The van der Waals surface area contributed by atoms with Crippen molar-refractivity contribution in [2.45, 2.75) is 30.5 Å². The summed E-state index contributed by atoms with van der Waals surface area (Å²) in [5, 5.41) is 14.7. The van der Waals surface area contributed by atoms with Crippen LogP contribution in [0, 0.1) is 10.6 Å². The first-order chi connectivity index (χ1) is 15.7. The third-order valence-corrected chi connectivity index (χ3v) is 7.81. The molecule has 4 rings (SSSR count). The summed E-state index contributed by atoms with van der Waals surface area (Å²) in [6.45, 7) is 1.72. The van der Waals surface area contributed by atoms with Crippen molar-refractivity contribution >= 4 is 22.2 Å². The molecule has 3 aromatic rings. The van der Waals surface area contributed by atoms with Gasteiger partial charge in [-0.25, -0.2) is 21.8 Å². The van der Waals surface area contributed by atoms with Gasteiger partial charge in [0.05, 0.1) is 23.4 Å². The first-order valence-corrected chi connectivity index (χ1v) is 12.4. The molecule has 1 atom stereocenters. The molecule has 1 aromatic heterocycles. The molecule has 0 unspecified atom stereocenters. The summed E-state index contributed by atoms with van der Waals surface area (Å²) in [5.41, 5.74) is 1.17. The van der Waals surface area contributed by atoms with Crippen molar-refractivity contribution in [3.8, 4) is 17.1 Å². The number of rotatable bonds is 6. The van der Waals surface area contributed by atoms with Crippen LogP contribution in [-0.2, 0) is 16.7 Å². The zero-order valence-electron chi connectivity index (χ0n) is 18.4. The highest BCUT2D eigenvalue weighted by atomic mass is 32.2. The molecule has 0 spiro atoms. The highest BCUT2D eigenvalue weighted by Gasteiger charge is 2.23. The Morgan fingerprint density at radius 1 is 1.21 bits per heavy atom. The fourth-order valence-electron chi connectivity index (χ4n) is 3.87. The number of benzene rings is 2. The van der Waals surface area contributed by atoms with Gasteiger partial charge in [-0.15, -0.1) is 5.10 Å². The predicted octanol–water partition coefficient (Wildman–Crippen LogP) is 2.87. The number of hydrogen-bond donors (Lipinski definition) is 1. The van der Waals surface area contributed by atoms with E-state index in [2.05, 4.69) is 4.90 Å². The van der Waals surface area contributed by atoms with Gasteiger partial charge < -0.3 is 5.11 Å². The molecule has 0 saturated carbocycles. The van der Waals surface area contributed by atoms with E-state index in [1.165, 1.54) is 32.3 Å². The Hall–Kier alpha value is -2.44. The summed E-state index contributed by atoms with van der Waals surface area (Å²) in [6, 6.07) is 12.4. The van der Waals surface area contributed by atoms with E-state index in [-0.39, 0.29) is 16.8 Å². The van der Waals surface area contributed by atoms with Crippen LogP contribution in [0.4, 0.5) is 4.39 Å². The zero-order valence-corrected chi connectivity index (χ0v) is 20.1. The van der Waals surface area contributed by atoms with Crippen LogP contribution < -0.4 is 0 Å². The summed E-state index contributed by atoms with van der Waals surface area (Å²) in [7, 11) is -0.693. The molecule has 8 nitrogen and oxygen atoms in total. The fourth-order valence-corrected chi connectivity index (χ4v) is 5.10. The second-order valence-electron chi connectivity index (χ2n) is 8.25. The van der Waals surface area contributed by atoms with E-state index in [4.69, 9.17) is 17.3 Å². The largest absolute Gasteiger partial charge is 0.392 e. The van der Waals surface area contributed by atoms with E-state index in [1.54, 1.807) is 39.6 Å². The topological polar surface area (TPSA) is 83.6 Å². The number of hydrogen-bond acceptors (Lipinski definition) is 6. The van der Waals surface area contributed by atoms with Crippen LogP contribution in [0.25, 0.3) is 17.1 Å². The Morgan fingerprint density at radius 3 is 2.61 bits per heavy atom. The normalized spacial score (nSPS) is 17.5. The van der Waals surface area contributed by atoms with Gasteiger partial charge >= 0.3 is 0 Å². The van der Waals surface area contributed by atoms with E-state index in [9.17, 15) is 17.9 Å². The van der Waals surface area contributed by atoms with E-state index in [0.29, 0.717) is 35.1 Å². The number of piperidine rings is 1. The molecule has 1 fully saturated rings. The standard InChI is InChI=1S/C22H26FN5O3S2/c1-25(2)33(30,31)20-7-3-5-16(13-20)21-24-27(15-26-12-4-6-19(29)14-26)22(32)28(21)18-10-8-17(23)9-11-18/h3,5,7-11,13,19,29H,4,6,12,14-15H2,1-2H3/t19-/m1/s1. The minimum atomic E-state index is -3.64. The van der Waals surface area contributed by atoms with Crippen LogP contribution in [0.3, 0.4) is 0 Å². The van der Waals surface area contributed by atoms with Crippen LogP contribution >= 0.6 is 12.2 Å². The van der Waals surface area contributed by atoms with Gasteiger partial charge in [0.2, 0.25) is 14.8 Å². The molecule has 0 radical (unpaired) electrons. The molecule has 176 valence electrons. The lowest BCUT2D eigenvalue weighted by Crippen LogP contribution is -2.39. The summed E-state index contributed by atoms with van der Waals surface area (Å²) in [5.74, 6) is 0.0700. The van der Waals surface area contributed by atoms with E-state index in [1.807, 2.05) is 0 Å². The van der Waals surface area contributed by atoms with Gasteiger partial charge in [-0.05, 0) is 61.5 Å². The zero-order chi connectivity index (χ0) is 23.8. The number of aromatic nitrogens is 3. The molecule has 1 N–H and O–H groups in total. The van der Waals surface area contributed by atoms with E-state index in [0.717, 1.165) is 23.7 Å². The number of likely N-dealkylation sites (tertiary alicyclic amines) is 1. The van der Waals surface area contributed by atoms with Crippen molar-refractivity contribution in [2.24, 2.45) is 0 Å². The van der Waals surface area contributed by atoms with Crippen LogP contribution in [-0.4, -0.2) is 70.4 Å². The Labute approximate surface area is 197 Å². The minimum absolute atomic E-state index is 0.135. The smallest absolute Gasteiger partial charge is 0.242 e. The third kappa shape index (κ3) is 4.92. The Morgan fingerprint density at radius 2 is 1.94 bits per heavy atom. The second-order valence-corrected chi connectivity index (χ2v) is 10.8. The lowest BCUT2D eigenvalue weighted by molar-refractivity contribution is 0.0513. The Kier molecular flexibility index (Phi) is 6.78. The molecule has 0 bridgehead atoms. The van der Waals surface area contributed by atoms with Gasteiger partial charge in [0.15, 0.2) is 5.82 Å². The first kappa shape index (κ1) is 23.7. The van der Waals surface area contributed by atoms with Crippen molar-refractivity contribution in [1.29, 1.82) is 0 Å². The molecular weight excluding hydrogens is 465 g/mol. The van der Waals surface area contributed by atoms with Gasteiger partial charge in [-0.1, -0.05) is 12.1 Å². The van der Waals surface area contributed by atoms with Crippen molar-refractivity contribution in [1.82, 2.24) is 23.6 Å². The maximum absolute atomic E-state index is 13.6. The highest BCUT2D eigenvalue weighted by molar-refractivity contribution is 7.89. The van der Waals surface area contributed by atoms with Crippen molar-refractivity contribution < 1.29 is 17.9 Å².